The molecule has 2 aliphatic carbocycles. The minimum atomic E-state index is 0.428. The summed E-state index contributed by atoms with van der Waals surface area (Å²) in [5.74, 6) is 2.69. The lowest BCUT2D eigenvalue weighted by Gasteiger charge is -2.35. The van der Waals surface area contributed by atoms with E-state index in [2.05, 4.69) is 0 Å². The van der Waals surface area contributed by atoms with E-state index in [0.717, 1.165) is 11.8 Å². The predicted octanol–water partition coefficient (Wildman–Crippen LogP) is 3.37. The van der Waals surface area contributed by atoms with Crippen molar-refractivity contribution < 1.29 is 5.11 Å². The lowest BCUT2D eigenvalue weighted by atomic mass is 9.71. The molecule has 0 radical (unpaired) electrons. The Labute approximate surface area is 87.9 Å². The van der Waals surface area contributed by atoms with E-state index >= 15 is 0 Å². The molecule has 2 fully saturated rings. The van der Waals surface area contributed by atoms with Gasteiger partial charge in [-0.1, -0.05) is 32.1 Å². The first-order chi connectivity index (χ1) is 6.90. The summed E-state index contributed by atoms with van der Waals surface area (Å²) in [5, 5.41) is 9.09. The highest BCUT2D eigenvalue weighted by Crippen LogP contribution is 2.39. The van der Waals surface area contributed by atoms with Crippen molar-refractivity contribution in [1.82, 2.24) is 0 Å². The molecule has 0 saturated heterocycles. The zero-order valence-electron chi connectivity index (χ0n) is 9.25. The SMILES string of the molecule is OC[C@H]1CC[C@H](C2CCCCC2)CC1. The van der Waals surface area contributed by atoms with Gasteiger partial charge in [0.1, 0.15) is 0 Å². The summed E-state index contributed by atoms with van der Waals surface area (Å²) in [6, 6.07) is 0. The summed E-state index contributed by atoms with van der Waals surface area (Å²) < 4.78 is 0. The van der Waals surface area contributed by atoms with E-state index in [0.29, 0.717) is 12.5 Å². The molecule has 0 bridgehead atoms. The smallest absolute Gasteiger partial charge is 0.0459 e. The molecule has 0 aliphatic heterocycles. The fraction of sp³-hybridized carbons (Fsp3) is 1.00. The summed E-state index contributed by atoms with van der Waals surface area (Å²) >= 11 is 0. The molecule has 1 N–H and O–H groups in total. The van der Waals surface area contributed by atoms with Crippen LogP contribution in [0.4, 0.5) is 0 Å². The van der Waals surface area contributed by atoms with Gasteiger partial charge in [-0.2, -0.15) is 0 Å². The van der Waals surface area contributed by atoms with Crippen molar-refractivity contribution >= 4 is 0 Å². The van der Waals surface area contributed by atoms with Crippen molar-refractivity contribution in [1.29, 1.82) is 0 Å². The predicted molar refractivity (Wildman–Crippen MR) is 59.1 cm³/mol. The van der Waals surface area contributed by atoms with Gasteiger partial charge in [-0.05, 0) is 43.4 Å². The molecule has 0 spiro atoms. The zero-order chi connectivity index (χ0) is 9.80. The van der Waals surface area contributed by atoms with Crippen LogP contribution in [0.1, 0.15) is 57.8 Å². The molecule has 2 rings (SSSR count). The van der Waals surface area contributed by atoms with Gasteiger partial charge in [0, 0.05) is 6.61 Å². The third-order valence-electron chi connectivity index (χ3n) is 4.47. The Kier molecular flexibility index (Phi) is 3.86. The minimum absolute atomic E-state index is 0.428. The highest BCUT2D eigenvalue weighted by Gasteiger charge is 2.27. The zero-order valence-corrected chi connectivity index (χ0v) is 9.25. The van der Waals surface area contributed by atoms with Crippen molar-refractivity contribution in [2.45, 2.75) is 57.8 Å². The van der Waals surface area contributed by atoms with Crippen molar-refractivity contribution in [3.05, 3.63) is 0 Å². The topological polar surface area (TPSA) is 20.2 Å². The quantitative estimate of drug-likeness (QED) is 0.718. The van der Waals surface area contributed by atoms with Gasteiger partial charge in [-0.15, -0.1) is 0 Å². The maximum Gasteiger partial charge on any atom is 0.0459 e. The Morgan fingerprint density at radius 3 is 1.86 bits per heavy atom. The van der Waals surface area contributed by atoms with E-state index in [1.54, 1.807) is 0 Å². The van der Waals surface area contributed by atoms with Crippen LogP contribution in [0.2, 0.25) is 0 Å². The van der Waals surface area contributed by atoms with E-state index in [1.165, 1.54) is 57.8 Å². The van der Waals surface area contributed by atoms with E-state index in [1.807, 2.05) is 0 Å². The number of aliphatic hydroxyl groups excluding tert-OH is 1. The molecule has 14 heavy (non-hydrogen) atoms. The van der Waals surface area contributed by atoms with E-state index in [9.17, 15) is 0 Å². The standard InChI is InChI=1S/C13H24O/c14-10-11-6-8-13(9-7-11)12-4-2-1-3-5-12/h11-14H,1-10H2/t11-,13-. The van der Waals surface area contributed by atoms with E-state index in [-0.39, 0.29) is 0 Å². The first-order valence-corrected chi connectivity index (χ1v) is 6.51. The Bertz CT molecular complexity index is 153. The molecule has 2 aliphatic rings. The molecule has 0 aromatic heterocycles. The summed E-state index contributed by atoms with van der Waals surface area (Å²) in [6.07, 6.45) is 12.8. The fourth-order valence-electron chi connectivity index (χ4n) is 3.45. The van der Waals surface area contributed by atoms with Gasteiger partial charge in [-0.3, -0.25) is 0 Å². The Balaban J connectivity index is 1.76. The lowest BCUT2D eigenvalue weighted by Crippen LogP contribution is -2.24. The fourth-order valence-corrected chi connectivity index (χ4v) is 3.45. The van der Waals surface area contributed by atoms with Gasteiger partial charge >= 0.3 is 0 Å². The highest BCUT2D eigenvalue weighted by molar-refractivity contribution is 4.79. The molecule has 82 valence electrons. The molecule has 0 aromatic carbocycles. The molecular weight excluding hydrogens is 172 g/mol. The Morgan fingerprint density at radius 1 is 0.714 bits per heavy atom. The van der Waals surface area contributed by atoms with E-state index in [4.69, 9.17) is 5.11 Å². The number of rotatable bonds is 2. The molecule has 0 amide bonds. The molecule has 0 aromatic rings. The third-order valence-corrected chi connectivity index (χ3v) is 4.47. The van der Waals surface area contributed by atoms with Gasteiger partial charge in [0.25, 0.3) is 0 Å². The lowest BCUT2D eigenvalue weighted by molar-refractivity contribution is 0.127. The number of aliphatic hydroxyl groups is 1. The van der Waals surface area contributed by atoms with Crippen LogP contribution in [0.3, 0.4) is 0 Å². The first kappa shape index (κ1) is 10.5. The van der Waals surface area contributed by atoms with Crippen LogP contribution in [0.15, 0.2) is 0 Å². The molecule has 2 saturated carbocycles. The second-order valence-corrected chi connectivity index (χ2v) is 5.36. The van der Waals surface area contributed by atoms with Crippen molar-refractivity contribution in [2.75, 3.05) is 6.61 Å². The molecule has 0 heterocycles. The van der Waals surface area contributed by atoms with Crippen LogP contribution in [-0.4, -0.2) is 11.7 Å². The molecular formula is C13H24O. The largest absolute Gasteiger partial charge is 0.396 e. The van der Waals surface area contributed by atoms with Gasteiger partial charge in [0.05, 0.1) is 0 Å². The number of hydrogen-bond acceptors (Lipinski definition) is 1. The van der Waals surface area contributed by atoms with Crippen LogP contribution < -0.4 is 0 Å². The summed E-state index contributed by atoms with van der Waals surface area (Å²) in [6.45, 7) is 0.428. The maximum absolute atomic E-state index is 9.09. The molecule has 1 nitrogen and oxygen atoms in total. The second-order valence-electron chi connectivity index (χ2n) is 5.36. The average molecular weight is 196 g/mol. The van der Waals surface area contributed by atoms with Gasteiger partial charge in [0.2, 0.25) is 0 Å². The normalized spacial score (nSPS) is 35.8. The first-order valence-electron chi connectivity index (χ1n) is 6.51. The maximum atomic E-state index is 9.09. The average Bonchev–Trinajstić information content (AvgIpc) is 2.30. The summed E-state index contributed by atoms with van der Waals surface area (Å²) in [5.41, 5.74) is 0. The molecule has 0 atom stereocenters. The van der Waals surface area contributed by atoms with Crippen LogP contribution in [0.5, 0.6) is 0 Å². The second kappa shape index (κ2) is 5.16. The van der Waals surface area contributed by atoms with Crippen LogP contribution in [0.25, 0.3) is 0 Å². The monoisotopic (exact) mass is 196 g/mol. The van der Waals surface area contributed by atoms with Crippen LogP contribution in [-0.2, 0) is 0 Å². The highest BCUT2D eigenvalue weighted by atomic mass is 16.3. The van der Waals surface area contributed by atoms with E-state index < -0.39 is 0 Å². The van der Waals surface area contributed by atoms with Gasteiger partial charge in [-0.25, -0.2) is 0 Å². The third kappa shape index (κ3) is 2.50. The molecule has 1 heteroatoms. The van der Waals surface area contributed by atoms with Crippen molar-refractivity contribution in [2.24, 2.45) is 17.8 Å². The number of hydrogen-bond donors (Lipinski definition) is 1. The van der Waals surface area contributed by atoms with Crippen LogP contribution in [0, 0.1) is 17.8 Å². The summed E-state index contributed by atoms with van der Waals surface area (Å²) in [7, 11) is 0. The molecule has 0 unspecified atom stereocenters. The van der Waals surface area contributed by atoms with Crippen molar-refractivity contribution in [3.63, 3.8) is 0 Å². The Hall–Kier alpha value is -0.0400. The van der Waals surface area contributed by atoms with Gasteiger partial charge < -0.3 is 5.11 Å². The Morgan fingerprint density at radius 2 is 1.29 bits per heavy atom. The van der Waals surface area contributed by atoms with Gasteiger partial charge in [0.15, 0.2) is 0 Å². The van der Waals surface area contributed by atoms with Crippen molar-refractivity contribution in [3.8, 4) is 0 Å². The van der Waals surface area contributed by atoms with Crippen LogP contribution >= 0.6 is 0 Å². The summed E-state index contributed by atoms with van der Waals surface area (Å²) in [4.78, 5) is 0. The minimum Gasteiger partial charge on any atom is -0.396 e.